The molecule has 30 heavy (non-hydrogen) atoms. The fourth-order valence-corrected chi connectivity index (χ4v) is 2.97. The van der Waals surface area contributed by atoms with Crippen molar-refractivity contribution < 1.29 is 14.7 Å². The molecular weight excluding hydrogens is 380 g/mol. The molecule has 0 saturated heterocycles. The van der Waals surface area contributed by atoms with Gasteiger partial charge >= 0.3 is 5.97 Å². The number of hydrogen-bond donors (Lipinski definition) is 2. The summed E-state index contributed by atoms with van der Waals surface area (Å²) in [6.07, 6.45) is 6.17. The van der Waals surface area contributed by atoms with E-state index in [2.05, 4.69) is 20.3 Å². The Morgan fingerprint density at radius 1 is 0.800 bits per heavy atom. The van der Waals surface area contributed by atoms with Crippen molar-refractivity contribution in [2.45, 2.75) is 0 Å². The SMILES string of the molecule is O=C(Nc1cc(-c2ccccc2)ccc1C(=O)O)c1cncc(-c2ncccn2)c1. The van der Waals surface area contributed by atoms with E-state index < -0.39 is 11.9 Å². The molecule has 7 heteroatoms. The highest BCUT2D eigenvalue weighted by molar-refractivity contribution is 6.08. The molecule has 0 aliphatic rings. The summed E-state index contributed by atoms with van der Waals surface area (Å²) in [5.41, 5.74) is 2.75. The number of amides is 1. The molecule has 0 atom stereocenters. The first-order valence-corrected chi connectivity index (χ1v) is 9.08. The third-order valence-corrected chi connectivity index (χ3v) is 4.43. The predicted molar refractivity (Wildman–Crippen MR) is 112 cm³/mol. The zero-order valence-electron chi connectivity index (χ0n) is 15.7. The van der Waals surface area contributed by atoms with Crippen LogP contribution in [0.5, 0.6) is 0 Å². The minimum absolute atomic E-state index is 0.00135. The van der Waals surface area contributed by atoms with Crippen LogP contribution >= 0.6 is 0 Å². The van der Waals surface area contributed by atoms with Crippen molar-refractivity contribution in [1.29, 1.82) is 0 Å². The first-order chi connectivity index (χ1) is 14.6. The van der Waals surface area contributed by atoms with Crippen molar-refractivity contribution in [3.63, 3.8) is 0 Å². The number of hydrogen-bond acceptors (Lipinski definition) is 5. The van der Waals surface area contributed by atoms with Crippen LogP contribution in [-0.2, 0) is 0 Å². The standard InChI is InChI=1S/C23H16N4O3/c28-22(18-11-17(13-24-14-18)21-25-9-4-10-26-21)27-20-12-16(7-8-19(20)23(29)30)15-5-2-1-3-6-15/h1-14H,(H,27,28)(H,29,30). The Hall–Kier alpha value is -4.39. The Morgan fingerprint density at radius 2 is 1.57 bits per heavy atom. The van der Waals surface area contributed by atoms with E-state index in [0.717, 1.165) is 11.1 Å². The summed E-state index contributed by atoms with van der Waals surface area (Å²) >= 11 is 0. The van der Waals surface area contributed by atoms with Crippen LogP contribution in [0.2, 0.25) is 0 Å². The van der Waals surface area contributed by atoms with Crippen molar-refractivity contribution >= 4 is 17.6 Å². The molecule has 0 fully saturated rings. The molecular formula is C23H16N4O3. The fraction of sp³-hybridized carbons (Fsp3) is 0. The van der Waals surface area contributed by atoms with E-state index in [9.17, 15) is 14.7 Å². The first-order valence-electron chi connectivity index (χ1n) is 9.08. The number of benzene rings is 2. The van der Waals surface area contributed by atoms with Crippen LogP contribution in [0.1, 0.15) is 20.7 Å². The summed E-state index contributed by atoms with van der Waals surface area (Å²) in [5, 5.41) is 12.2. The largest absolute Gasteiger partial charge is 0.478 e. The number of carboxylic acids is 1. The Labute approximate surface area is 172 Å². The maximum absolute atomic E-state index is 12.8. The zero-order chi connectivity index (χ0) is 20.9. The van der Waals surface area contributed by atoms with E-state index >= 15 is 0 Å². The third-order valence-electron chi connectivity index (χ3n) is 4.43. The number of nitrogens with zero attached hydrogens (tertiary/aromatic N) is 3. The lowest BCUT2D eigenvalue weighted by atomic mass is 10.0. The van der Waals surface area contributed by atoms with Gasteiger partial charge in [0, 0.05) is 30.4 Å². The van der Waals surface area contributed by atoms with Gasteiger partial charge in [0.05, 0.1) is 16.8 Å². The Bertz CT molecular complexity index is 1210. The number of nitrogens with one attached hydrogen (secondary N) is 1. The predicted octanol–water partition coefficient (Wildman–Crippen LogP) is 4.16. The number of pyridine rings is 1. The Balaban J connectivity index is 1.66. The molecule has 0 aliphatic carbocycles. The summed E-state index contributed by atoms with van der Waals surface area (Å²) in [4.78, 5) is 36.9. The van der Waals surface area contributed by atoms with Crippen molar-refractivity contribution in [1.82, 2.24) is 15.0 Å². The fourth-order valence-electron chi connectivity index (χ4n) is 2.97. The molecule has 0 radical (unpaired) electrons. The quantitative estimate of drug-likeness (QED) is 0.525. The van der Waals surface area contributed by atoms with Crippen molar-refractivity contribution in [3.8, 4) is 22.5 Å². The third kappa shape index (κ3) is 4.05. The van der Waals surface area contributed by atoms with Gasteiger partial charge < -0.3 is 10.4 Å². The molecule has 0 spiro atoms. The molecule has 7 nitrogen and oxygen atoms in total. The molecule has 2 aromatic carbocycles. The van der Waals surface area contributed by atoms with E-state index in [1.54, 1.807) is 42.9 Å². The van der Waals surface area contributed by atoms with Crippen molar-refractivity contribution in [2.24, 2.45) is 0 Å². The van der Waals surface area contributed by atoms with Gasteiger partial charge in [-0.25, -0.2) is 14.8 Å². The number of carboxylic acid groups (broad SMARTS) is 1. The van der Waals surface area contributed by atoms with Gasteiger partial charge in [-0.3, -0.25) is 9.78 Å². The second-order valence-electron chi connectivity index (χ2n) is 6.42. The lowest BCUT2D eigenvalue weighted by molar-refractivity contribution is 0.0698. The number of aromatic nitrogens is 3. The molecule has 0 saturated carbocycles. The minimum atomic E-state index is -1.13. The zero-order valence-corrected chi connectivity index (χ0v) is 15.7. The van der Waals surface area contributed by atoms with Gasteiger partial charge in [-0.1, -0.05) is 36.4 Å². The topological polar surface area (TPSA) is 105 Å². The molecule has 0 bridgehead atoms. The van der Waals surface area contributed by atoms with Gasteiger partial charge in [-0.05, 0) is 35.4 Å². The molecule has 146 valence electrons. The summed E-state index contributed by atoms with van der Waals surface area (Å²) in [6.45, 7) is 0. The van der Waals surface area contributed by atoms with Crippen molar-refractivity contribution in [2.75, 3.05) is 5.32 Å². The summed E-state index contributed by atoms with van der Waals surface area (Å²) in [5.74, 6) is -1.17. The van der Waals surface area contributed by atoms with Gasteiger partial charge in [0.25, 0.3) is 5.91 Å². The maximum atomic E-state index is 12.8. The van der Waals surface area contributed by atoms with Crippen LogP contribution in [0, 0.1) is 0 Å². The van der Waals surface area contributed by atoms with Crippen LogP contribution < -0.4 is 5.32 Å². The number of carbonyl (C=O) groups is 2. The van der Waals surface area contributed by atoms with E-state index in [0.29, 0.717) is 11.4 Å². The Morgan fingerprint density at radius 3 is 2.30 bits per heavy atom. The van der Waals surface area contributed by atoms with Crippen LogP contribution in [0.4, 0.5) is 5.69 Å². The molecule has 0 aliphatic heterocycles. The van der Waals surface area contributed by atoms with Gasteiger partial charge in [-0.2, -0.15) is 0 Å². The average molecular weight is 396 g/mol. The lowest BCUT2D eigenvalue weighted by Crippen LogP contribution is -2.15. The smallest absolute Gasteiger partial charge is 0.337 e. The second kappa shape index (κ2) is 8.32. The molecule has 2 N–H and O–H groups in total. The minimum Gasteiger partial charge on any atom is -0.478 e. The number of carbonyl (C=O) groups excluding carboxylic acids is 1. The molecule has 0 unspecified atom stereocenters. The van der Waals surface area contributed by atoms with E-state index in [-0.39, 0.29) is 16.8 Å². The van der Waals surface area contributed by atoms with E-state index in [4.69, 9.17) is 0 Å². The molecule has 2 aromatic heterocycles. The van der Waals surface area contributed by atoms with Gasteiger partial charge in [0.15, 0.2) is 5.82 Å². The molecule has 4 rings (SSSR count). The average Bonchev–Trinajstić information content (AvgIpc) is 2.80. The van der Waals surface area contributed by atoms with Crippen molar-refractivity contribution in [3.05, 3.63) is 96.6 Å². The summed E-state index contributed by atoms with van der Waals surface area (Å²) in [7, 11) is 0. The first kappa shape index (κ1) is 18.9. The highest BCUT2D eigenvalue weighted by Crippen LogP contribution is 2.26. The van der Waals surface area contributed by atoms with E-state index in [1.807, 2.05) is 30.3 Å². The Kier molecular flexibility index (Phi) is 5.25. The number of aromatic carboxylic acids is 1. The molecule has 4 aromatic rings. The van der Waals surface area contributed by atoms with Crippen LogP contribution in [0.25, 0.3) is 22.5 Å². The number of anilines is 1. The molecule has 2 heterocycles. The lowest BCUT2D eigenvalue weighted by Gasteiger charge is -2.11. The van der Waals surface area contributed by atoms with Crippen LogP contribution in [-0.4, -0.2) is 31.9 Å². The molecule has 1 amide bonds. The second-order valence-corrected chi connectivity index (χ2v) is 6.42. The van der Waals surface area contributed by atoms with Gasteiger partial charge in [0.1, 0.15) is 0 Å². The summed E-state index contributed by atoms with van der Waals surface area (Å²) < 4.78 is 0. The highest BCUT2D eigenvalue weighted by atomic mass is 16.4. The normalized spacial score (nSPS) is 10.4. The highest BCUT2D eigenvalue weighted by Gasteiger charge is 2.16. The van der Waals surface area contributed by atoms with Crippen LogP contribution in [0.15, 0.2) is 85.5 Å². The van der Waals surface area contributed by atoms with Gasteiger partial charge in [-0.15, -0.1) is 0 Å². The monoisotopic (exact) mass is 396 g/mol. The number of rotatable bonds is 5. The van der Waals surface area contributed by atoms with E-state index in [1.165, 1.54) is 12.3 Å². The van der Waals surface area contributed by atoms with Gasteiger partial charge in [0.2, 0.25) is 0 Å². The van der Waals surface area contributed by atoms with Crippen LogP contribution in [0.3, 0.4) is 0 Å². The maximum Gasteiger partial charge on any atom is 0.337 e. The summed E-state index contributed by atoms with van der Waals surface area (Å²) in [6, 6.07) is 17.6.